The van der Waals surface area contributed by atoms with E-state index in [9.17, 15) is 8.42 Å². The molecule has 108 valence electrons. The summed E-state index contributed by atoms with van der Waals surface area (Å²) in [6.45, 7) is 6.23. The lowest BCUT2D eigenvalue weighted by Crippen LogP contribution is -2.52. The van der Waals surface area contributed by atoms with Gasteiger partial charge >= 0.3 is 0 Å². The molecule has 1 heterocycles. The van der Waals surface area contributed by atoms with Gasteiger partial charge in [0.2, 0.25) is 10.0 Å². The summed E-state index contributed by atoms with van der Waals surface area (Å²) in [6.07, 6.45) is 2.09. The zero-order valence-electron chi connectivity index (χ0n) is 11.8. The van der Waals surface area contributed by atoms with E-state index in [0.717, 1.165) is 5.69 Å². The zero-order chi connectivity index (χ0) is 14.5. The van der Waals surface area contributed by atoms with Gasteiger partial charge in [-0.1, -0.05) is 13.0 Å². The third-order valence-corrected chi connectivity index (χ3v) is 5.28. The number of pyridine rings is 1. The molecule has 0 bridgehead atoms. The highest BCUT2D eigenvalue weighted by Crippen LogP contribution is 2.18. The van der Waals surface area contributed by atoms with Gasteiger partial charge in [0.1, 0.15) is 0 Å². The predicted octanol–water partition coefficient (Wildman–Crippen LogP) is 1.01. The second-order valence-corrected chi connectivity index (χ2v) is 7.08. The van der Waals surface area contributed by atoms with Crippen LogP contribution >= 0.6 is 0 Å². The predicted molar refractivity (Wildman–Crippen MR) is 77.2 cm³/mol. The number of hydrogen-bond donors (Lipinski definition) is 1. The maximum Gasteiger partial charge on any atom is 0.215 e. The summed E-state index contributed by atoms with van der Waals surface area (Å²) in [7, 11) is -3.33. The van der Waals surface area contributed by atoms with Crippen molar-refractivity contribution in [3.8, 4) is 0 Å². The van der Waals surface area contributed by atoms with E-state index in [4.69, 9.17) is 5.73 Å². The average Bonchev–Trinajstić information content (AvgIpc) is 2.38. The van der Waals surface area contributed by atoms with Gasteiger partial charge in [0.15, 0.2) is 0 Å². The van der Waals surface area contributed by atoms with E-state index in [1.54, 1.807) is 6.20 Å². The summed E-state index contributed by atoms with van der Waals surface area (Å²) in [5.74, 6) is 0.0568. The Balaban J connectivity index is 2.80. The number of aromatic nitrogens is 1. The molecule has 0 saturated heterocycles. The zero-order valence-corrected chi connectivity index (χ0v) is 12.7. The number of hydrogen-bond acceptors (Lipinski definition) is 4. The van der Waals surface area contributed by atoms with E-state index >= 15 is 0 Å². The number of nitrogens with zero attached hydrogens (tertiary/aromatic N) is 2. The van der Waals surface area contributed by atoms with Crippen LogP contribution in [0.5, 0.6) is 0 Å². The second-order valence-electron chi connectivity index (χ2n) is 5.07. The van der Waals surface area contributed by atoms with Gasteiger partial charge in [0.05, 0.1) is 5.75 Å². The molecule has 19 heavy (non-hydrogen) atoms. The van der Waals surface area contributed by atoms with Crippen molar-refractivity contribution in [2.24, 2.45) is 5.73 Å². The van der Waals surface area contributed by atoms with E-state index in [2.05, 4.69) is 4.98 Å². The molecule has 0 atom stereocenters. The lowest BCUT2D eigenvalue weighted by atomic mass is 10.1. The van der Waals surface area contributed by atoms with E-state index in [1.807, 2.05) is 39.0 Å². The molecule has 0 aliphatic heterocycles. The quantitative estimate of drug-likeness (QED) is 0.811. The molecule has 6 heteroatoms. The fourth-order valence-electron chi connectivity index (χ4n) is 1.99. The van der Waals surface area contributed by atoms with E-state index in [-0.39, 0.29) is 5.75 Å². The van der Waals surface area contributed by atoms with Crippen molar-refractivity contribution in [1.29, 1.82) is 0 Å². The van der Waals surface area contributed by atoms with Gasteiger partial charge in [0, 0.05) is 36.9 Å². The number of sulfonamides is 1. The Labute approximate surface area is 115 Å². The number of rotatable bonds is 7. The molecular weight excluding hydrogens is 262 g/mol. The minimum absolute atomic E-state index is 0.0568. The largest absolute Gasteiger partial charge is 0.329 e. The molecule has 0 spiro atoms. The summed E-state index contributed by atoms with van der Waals surface area (Å²) < 4.78 is 26.2. The number of aryl methyl sites for hydroxylation is 1. The highest BCUT2D eigenvalue weighted by molar-refractivity contribution is 7.89. The number of nitrogens with two attached hydrogens (primary N) is 1. The first-order valence-electron chi connectivity index (χ1n) is 6.44. The third kappa shape index (κ3) is 4.26. The van der Waals surface area contributed by atoms with E-state index < -0.39 is 15.6 Å². The lowest BCUT2D eigenvalue weighted by molar-refractivity contribution is 0.244. The minimum Gasteiger partial charge on any atom is -0.329 e. The molecular formula is C13H23N3O2S. The highest BCUT2D eigenvalue weighted by atomic mass is 32.2. The molecule has 1 aromatic heterocycles. The molecule has 1 aromatic rings. The molecule has 0 aliphatic carbocycles. The van der Waals surface area contributed by atoms with Gasteiger partial charge < -0.3 is 5.73 Å². The van der Waals surface area contributed by atoms with Crippen LogP contribution in [0.4, 0.5) is 0 Å². The van der Waals surface area contributed by atoms with Gasteiger partial charge in [-0.2, -0.15) is 4.31 Å². The monoisotopic (exact) mass is 285 g/mol. The topological polar surface area (TPSA) is 76.3 Å². The first kappa shape index (κ1) is 16.1. The first-order valence-corrected chi connectivity index (χ1v) is 8.05. The molecule has 0 aliphatic rings. The van der Waals surface area contributed by atoms with Crippen molar-refractivity contribution in [1.82, 2.24) is 9.29 Å². The summed E-state index contributed by atoms with van der Waals surface area (Å²) >= 11 is 0. The molecule has 0 fully saturated rings. The maximum absolute atomic E-state index is 12.4. The van der Waals surface area contributed by atoms with Gasteiger partial charge in [-0.25, -0.2) is 8.42 Å². The fourth-order valence-corrected chi connectivity index (χ4v) is 3.90. The van der Waals surface area contributed by atoms with Crippen molar-refractivity contribution in [2.75, 3.05) is 18.8 Å². The molecule has 0 aromatic carbocycles. The van der Waals surface area contributed by atoms with Crippen LogP contribution in [0.2, 0.25) is 0 Å². The Kier molecular flexibility index (Phi) is 5.46. The Morgan fingerprint density at radius 1 is 1.37 bits per heavy atom. The van der Waals surface area contributed by atoms with Crippen molar-refractivity contribution >= 4 is 10.0 Å². The van der Waals surface area contributed by atoms with Crippen molar-refractivity contribution in [2.45, 2.75) is 32.7 Å². The minimum atomic E-state index is -3.33. The van der Waals surface area contributed by atoms with Crippen molar-refractivity contribution in [3.05, 3.63) is 30.1 Å². The van der Waals surface area contributed by atoms with Crippen LogP contribution in [-0.2, 0) is 16.4 Å². The molecule has 2 N–H and O–H groups in total. The highest BCUT2D eigenvalue weighted by Gasteiger charge is 2.33. The first-order chi connectivity index (χ1) is 8.83. The lowest BCUT2D eigenvalue weighted by Gasteiger charge is -2.35. The molecule has 0 unspecified atom stereocenters. The Morgan fingerprint density at radius 3 is 2.53 bits per heavy atom. The summed E-state index contributed by atoms with van der Waals surface area (Å²) in [6, 6.07) is 5.50. The summed E-state index contributed by atoms with van der Waals surface area (Å²) in [5, 5.41) is 0. The van der Waals surface area contributed by atoms with Crippen LogP contribution in [0.3, 0.4) is 0 Å². The van der Waals surface area contributed by atoms with E-state index in [1.165, 1.54) is 4.31 Å². The van der Waals surface area contributed by atoms with Gasteiger partial charge in [-0.3, -0.25) is 4.98 Å². The fraction of sp³-hybridized carbons (Fsp3) is 0.615. The normalized spacial score (nSPS) is 12.9. The van der Waals surface area contributed by atoms with Crippen LogP contribution in [-0.4, -0.2) is 42.1 Å². The molecule has 5 nitrogen and oxygen atoms in total. The van der Waals surface area contributed by atoms with Gasteiger partial charge in [-0.15, -0.1) is 0 Å². The van der Waals surface area contributed by atoms with Crippen LogP contribution in [0.1, 0.15) is 26.5 Å². The van der Waals surface area contributed by atoms with Crippen LogP contribution < -0.4 is 5.73 Å². The van der Waals surface area contributed by atoms with Crippen molar-refractivity contribution in [3.63, 3.8) is 0 Å². The Bertz CT molecular complexity index is 486. The molecule has 1 rings (SSSR count). The van der Waals surface area contributed by atoms with Gasteiger partial charge in [0.25, 0.3) is 0 Å². The van der Waals surface area contributed by atoms with Crippen LogP contribution in [0.15, 0.2) is 24.4 Å². The summed E-state index contributed by atoms with van der Waals surface area (Å²) in [5.41, 5.74) is 5.90. The molecule has 0 radical (unpaired) electrons. The smallest absolute Gasteiger partial charge is 0.215 e. The van der Waals surface area contributed by atoms with Crippen molar-refractivity contribution < 1.29 is 8.42 Å². The Morgan fingerprint density at radius 2 is 2.05 bits per heavy atom. The molecule has 0 amide bonds. The van der Waals surface area contributed by atoms with Crippen LogP contribution in [0, 0.1) is 0 Å². The number of likely N-dealkylation sites (N-methyl/N-ethyl adjacent to an activating group) is 1. The maximum atomic E-state index is 12.4. The second kappa shape index (κ2) is 6.45. The van der Waals surface area contributed by atoms with Crippen LogP contribution in [0.25, 0.3) is 0 Å². The Hall–Kier alpha value is -0.980. The third-order valence-electron chi connectivity index (χ3n) is 3.14. The van der Waals surface area contributed by atoms with Gasteiger partial charge in [-0.05, 0) is 26.0 Å². The molecule has 0 saturated carbocycles. The SMILES string of the molecule is CCN(C(C)(C)CN)S(=O)(=O)CCc1ccccn1. The van der Waals surface area contributed by atoms with E-state index in [0.29, 0.717) is 19.5 Å². The average molecular weight is 285 g/mol. The summed E-state index contributed by atoms with van der Waals surface area (Å²) in [4.78, 5) is 4.14. The standard InChI is InChI=1S/C13H23N3O2S/c1-4-16(13(2,3)11-14)19(17,18)10-8-12-7-5-6-9-15-12/h5-7,9H,4,8,10-11,14H2,1-3H3.